The zero-order valence-electron chi connectivity index (χ0n) is 15.5. The van der Waals surface area contributed by atoms with Crippen LogP contribution >= 0.6 is 24.0 Å². The van der Waals surface area contributed by atoms with Gasteiger partial charge in [-0.15, -0.1) is 24.0 Å². The molecule has 5 nitrogen and oxygen atoms in total. The van der Waals surface area contributed by atoms with Crippen LogP contribution in [0.5, 0.6) is 0 Å². The number of nitrogens with zero attached hydrogens (tertiary/aromatic N) is 1. The molecule has 2 aromatic carbocycles. The lowest BCUT2D eigenvalue weighted by atomic mass is 10.0. The van der Waals surface area contributed by atoms with E-state index in [1.165, 1.54) is 12.5 Å². The number of halogens is 1. The van der Waals surface area contributed by atoms with Crippen molar-refractivity contribution in [3.63, 3.8) is 0 Å². The molecule has 0 aliphatic carbocycles. The van der Waals surface area contributed by atoms with Crippen molar-refractivity contribution in [2.24, 2.45) is 4.99 Å². The number of carbonyl (C=O) groups is 1. The number of hydrogen-bond acceptors (Lipinski definition) is 2. The summed E-state index contributed by atoms with van der Waals surface area (Å²) in [7, 11) is 1.76. The third kappa shape index (κ3) is 7.43. The van der Waals surface area contributed by atoms with Gasteiger partial charge in [0.05, 0.1) is 0 Å². The Morgan fingerprint density at radius 3 is 2.46 bits per heavy atom. The molecule has 0 aromatic heterocycles. The van der Waals surface area contributed by atoms with Gasteiger partial charge >= 0.3 is 0 Å². The van der Waals surface area contributed by atoms with Crippen LogP contribution in [-0.2, 0) is 11.3 Å². The number of guanidine groups is 1. The first-order chi connectivity index (χ1) is 12.1. The van der Waals surface area contributed by atoms with Gasteiger partial charge in [-0.1, -0.05) is 49.4 Å². The molecular formula is C20H27IN4O. The standard InChI is InChI=1S/C20H26N4O.HI/c1-15(18-9-5-4-6-10-18)13-22-20(21-3)23-14-17-8-7-11-19(12-17)24-16(2)25;/h4-12,15H,13-14H2,1-3H3,(H,24,25)(H2,21,22,23);1H. The molecule has 0 bridgehead atoms. The van der Waals surface area contributed by atoms with Crippen molar-refractivity contribution < 1.29 is 4.79 Å². The first-order valence-corrected chi connectivity index (χ1v) is 8.44. The summed E-state index contributed by atoms with van der Waals surface area (Å²) >= 11 is 0. The predicted molar refractivity (Wildman–Crippen MR) is 119 cm³/mol. The Morgan fingerprint density at radius 2 is 1.81 bits per heavy atom. The van der Waals surface area contributed by atoms with Crippen molar-refractivity contribution in [2.45, 2.75) is 26.3 Å². The molecule has 0 fully saturated rings. The van der Waals surface area contributed by atoms with E-state index in [0.717, 1.165) is 23.8 Å². The first-order valence-electron chi connectivity index (χ1n) is 8.44. The van der Waals surface area contributed by atoms with Crippen LogP contribution in [0.1, 0.15) is 30.9 Å². The molecule has 6 heteroatoms. The van der Waals surface area contributed by atoms with Gasteiger partial charge in [-0.25, -0.2) is 0 Å². The molecule has 0 aliphatic heterocycles. The van der Waals surface area contributed by atoms with Gasteiger partial charge in [0.25, 0.3) is 0 Å². The summed E-state index contributed by atoms with van der Waals surface area (Å²) in [6, 6.07) is 18.2. The molecule has 26 heavy (non-hydrogen) atoms. The Morgan fingerprint density at radius 1 is 1.08 bits per heavy atom. The average molecular weight is 466 g/mol. The molecule has 0 heterocycles. The fraction of sp³-hybridized carbons (Fsp3) is 0.300. The Bertz CT molecular complexity index is 719. The lowest BCUT2D eigenvalue weighted by molar-refractivity contribution is -0.114. The second kappa shape index (κ2) is 11.5. The lowest BCUT2D eigenvalue weighted by Gasteiger charge is -2.16. The quantitative estimate of drug-likeness (QED) is 0.346. The fourth-order valence-corrected chi connectivity index (χ4v) is 2.52. The van der Waals surface area contributed by atoms with Gasteiger partial charge in [0.2, 0.25) is 5.91 Å². The maximum Gasteiger partial charge on any atom is 0.221 e. The summed E-state index contributed by atoms with van der Waals surface area (Å²) in [6.45, 7) is 5.12. The molecule has 3 N–H and O–H groups in total. The second-order valence-corrected chi connectivity index (χ2v) is 6.00. The third-order valence-electron chi connectivity index (χ3n) is 3.88. The number of hydrogen-bond donors (Lipinski definition) is 3. The summed E-state index contributed by atoms with van der Waals surface area (Å²) < 4.78 is 0. The highest BCUT2D eigenvalue weighted by atomic mass is 127. The van der Waals surface area contributed by atoms with Crippen LogP contribution in [-0.4, -0.2) is 25.5 Å². The molecule has 1 unspecified atom stereocenters. The van der Waals surface area contributed by atoms with Crippen LogP contribution < -0.4 is 16.0 Å². The molecular weight excluding hydrogens is 439 g/mol. The van der Waals surface area contributed by atoms with Crippen molar-refractivity contribution in [1.82, 2.24) is 10.6 Å². The van der Waals surface area contributed by atoms with E-state index in [1.54, 1.807) is 7.05 Å². The Labute approximate surface area is 172 Å². The van der Waals surface area contributed by atoms with E-state index in [9.17, 15) is 4.79 Å². The minimum atomic E-state index is -0.0718. The number of amides is 1. The molecule has 0 radical (unpaired) electrons. The number of aliphatic imine (C=N–C) groups is 1. The van der Waals surface area contributed by atoms with Crippen LogP contribution in [0.3, 0.4) is 0 Å². The molecule has 1 amide bonds. The molecule has 0 spiro atoms. The normalized spacial score (nSPS) is 11.9. The van der Waals surface area contributed by atoms with E-state index in [2.05, 4.69) is 52.1 Å². The first kappa shape index (κ1) is 22.0. The van der Waals surface area contributed by atoms with Gasteiger partial charge in [-0.05, 0) is 29.2 Å². The van der Waals surface area contributed by atoms with Crippen LogP contribution in [0.4, 0.5) is 5.69 Å². The van der Waals surface area contributed by atoms with Crippen molar-refractivity contribution in [1.29, 1.82) is 0 Å². The SMILES string of the molecule is CN=C(NCc1cccc(NC(C)=O)c1)NCC(C)c1ccccc1.I. The Kier molecular flexibility index (Phi) is 9.72. The predicted octanol–water partition coefficient (Wildman–Crippen LogP) is 3.73. The zero-order chi connectivity index (χ0) is 18.1. The van der Waals surface area contributed by atoms with Gasteiger partial charge in [0, 0.05) is 32.7 Å². The summed E-state index contributed by atoms with van der Waals surface area (Å²) in [5.74, 6) is 1.08. The van der Waals surface area contributed by atoms with Crippen molar-refractivity contribution in [2.75, 3.05) is 18.9 Å². The monoisotopic (exact) mass is 466 g/mol. The highest BCUT2D eigenvalue weighted by molar-refractivity contribution is 14.0. The molecule has 0 aliphatic rings. The molecule has 0 saturated heterocycles. The highest BCUT2D eigenvalue weighted by Gasteiger charge is 2.06. The maximum atomic E-state index is 11.1. The fourth-order valence-electron chi connectivity index (χ4n) is 2.52. The van der Waals surface area contributed by atoms with Gasteiger partial charge in [0.15, 0.2) is 5.96 Å². The maximum absolute atomic E-state index is 11.1. The highest BCUT2D eigenvalue weighted by Crippen LogP contribution is 2.13. The summed E-state index contributed by atoms with van der Waals surface area (Å²) in [6.07, 6.45) is 0. The number of anilines is 1. The number of nitrogens with one attached hydrogen (secondary N) is 3. The molecule has 140 valence electrons. The van der Waals surface area contributed by atoms with E-state index < -0.39 is 0 Å². The van der Waals surface area contributed by atoms with E-state index in [4.69, 9.17) is 0 Å². The van der Waals surface area contributed by atoms with Crippen LogP contribution in [0.2, 0.25) is 0 Å². The minimum Gasteiger partial charge on any atom is -0.356 e. The minimum absolute atomic E-state index is 0. The summed E-state index contributed by atoms with van der Waals surface area (Å²) in [4.78, 5) is 15.4. The number of rotatable bonds is 6. The van der Waals surface area contributed by atoms with E-state index in [0.29, 0.717) is 12.5 Å². The zero-order valence-corrected chi connectivity index (χ0v) is 17.8. The molecule has 0 saturated carbocycles. The van der Waals surface area contributed by atoms with Crippen LogP contribution in [0, 0.1) is 0 Å². The lowest BCUT2D eigenvalue weighted by Crippen LogP contribution is -2.38. The molecule has 2 rings (SSSR count). The summed E-state index contributed by atoms with van der Waals surface area (Å²) in [5, 5.41) is 9.45. The van der Waals surface area contributed by atoms with Gasteiger partial charge in [0.1, 0.15) is 0 Å². The molecule has 2 aromatic rings. The topological polar surface area (TPSA) is 65.5 Å². The third-order valence-corrected chi connectivity index (χ3v) is 3.88. The second-order valence-electron chi connectivity index (χ2n) is 6.00. The number of benzene rings is 2. The van der Waals surface area contributed by atoms with E-state index in [-0.39, 0.29) is 29.9 Å². The van der Waals surface area contributed by atoms with Gasteiger partial charge < -0.3 is 16.0 Å². The molecule has 1 atom stereocenters. The van der Waals surface area contributed by atoms with Crippen molar-refractivity contribution in [3.8, 4) is 0 Å². The van der Waals surface area contributed by atoms with Crippen molar-refractivity contribution in [3.05, 3.63) is 65.7 Å². The number of carbonyl (C=O) groups excluding carboxylic acids is 1. The van der Waals surface area contributed by atoms with Gasteiger partial charge in [-0.3, -0.25) is 9.79 Å². The van der Waals surface area contributed by atoms with Crippen LogP contribution in [0.15, 0.2) is 59.6 Å². The summed E-state index contributed by atoms with van der Waals surface area (Å²) in [5.41, 5.74) is 3.17. The smallest absolute Gasteiger partial charge is 0.221 e. The van der Waals surface area contributed by atoms with E-state index >= 15 is 0 Å². The Hall–Kier alpha value is -2.09. The van der Waals surface area contributed by atoms with Crippen LogP contribution in [0.25, 0.3) is 0 Å². The van der Waals surface area contributed by atoms with Gasteiger partial charge in [-0.2, -0.15) is 0 Å². The average Bonchev–Trinajstić information content (AvgIpc) is 2.62. The Balaban J connectivity index is 0.00000338. The van der Waals surface area contributed by atoms with Crippen molar-refractivity contribution >= 4 is 41.5 Å². The largest absolute Gasteiger partial charge is 0.356 e. The van der Waals surface area contributed by atoms with E-state index in [1.807, 2.05) is 30.3 Å².